The average molecular weight is 395 g/mol. The summed E-state index contributed by atoms with van der Waals surface area (Å²) in [5.41, 5.74) is -1.18. The third kappa shape index (κ3) is 3.99. The number of benzene rings is 2. The van der Waals surface area contributed by atoms with Gasteiger partial charge in [-0.05, 0) is 48.5 Å². The summed E-state index contributed by atoms with van der Waals surface area (Å²) in [5.74, 6) is -11.9. The number of ether oxygens (including phenoxy) is 1. The van der Waals surface area contributed by atoms with Crippen molar-refractivity contribution in [2.24, 2.45) is 0 Å². The zero-order chi connectivity index (χ0) is 20.5. The van der Waals surface area contributed by atoms with Crippen LogP contribution in [0.25, 0.3) is 0 Å². The first-order valence-electron chi connectivity index (χ1n) is 7.33. The lowest BCUT2D eigenvalue weighted by molar-refractivity contribution is -0.359. The maximum Gasteiger partial charge on any atom is 0.460 e. The van der Waals surface area contributed by atoms with E-state index in [2.05, 4.69) is 5.32 Å². The van der Waals surface area contributed by atoms with Crippen LogP contribution in [0.4, 0.5) is 30.7 Å². The number of hydrogen-bond acceptors (Lipinski definition) is 2. The number of rotatable bonds is 5. The molecule has 0 aromatic heterocycles. The van der Waals surface area contributed by atoms with Crippen molar-refractivity contribution in [3.05, 3.63) is 59.7 Å². The standard InChI is InChI=1S/C17H12F7NO2/c1-25-14(26)10-2-6-12(7-3-10)27-13-8-4-11(5-9-13)15(18,19)16(20,21)17(22,23)24/h2-9H,1H3,(H,25,26). The summed E-state index contributed by atoms with van der Waals surface area (Å²) < 4.78 is 95.2. The molecule has 0 saturated carbocycles. The molecule has 3 nitrogen and oxygen atoms in total. The molecule has 146 valence electrons. The predicted octanol–water partition coefficient (Wildman–Crippen LogP) is 5.13. The molecule has 0 saturated heterocycles. The van der Waals surface area contributed by atoms with Crippen molar-refractivity contribution in [2.45, 2.75) is 18.0 Å². The van der Waals surface area contributed by atoms with Gasteiger partial charge in [0.1, 0.15) is 11.5 Å². The largest absolute Gasteiger partial charge is 0.460 e. The summed E-state index contributed by atoms with van der Waals surface area (Å²) in [6, 6.07) is 8.14. The highest BCUT2D eigenvalue weighted by Gasteiger charge is 2.73. The van der Waals surface area contributed by atoms with Crippen LogP contribution in [0.3, 0.4) is 0 Å². The molecule has 0 aliphatic rings. The smallest absolute Gasteiger partial charge is 0.457 e. The number of amides is 1. The van der Waals surface area contributed by atoms with E-state index in [4.69, 9.17) is 4.74 Å². The van der Waals surface area contributed by atoms with Gasteiger partial charge in [-0.1, -0.05) is 0 Å². The Labute approximate surface area is 148 Å². The summed E-state index contributed by atoms with van der Waals surface area (Å²) in [7, 11) is 1.44. The lowest BCUT2D eigenvalue weighted by Gasteiger charge is -2.28. The van der Waals surface area contributed by atoms with E-state index in [9.17, 15) is 35.5 Å². The van der Waals surface area contributed by atoms with Gasteiger partial charge in [-0.3, -0.25) is 4.79 Å². The Bertz CT molecular complexity index is 800. The van der Waals surface area contributed by atoms with Crippen LogP contribution < -0.4 is 10.1 Å². The molecular formula is C17H12F7NO2. The van der Waals surface area contributed by atoms with E-state index < -0.39 is 23.6 Å². The second-order valence-corrected chi connectivity index (χ2v) is 5.38. The Balaban J connectivity index is 2.19. The minimum absolute atomic E-state index is 0.0717. The zero-order valence-corrected chi connectivity index (χ0v) is 13.6. The van der Waals surface area contributed by atoms with Crippen LogP contribution in [0.1, 0.15) is 15.9 Å². The van der Waals surface area contributed by atoms with E-state index in [0.29, 0.717) is 17.7 Å². The molecule has 0 heterocycles. The molecular weight excluding hydrogens is 383 g/mol. The molecule has 27 heavy (non-hydrogen) atoms. The number of halogens is 7. The van der Waals surface area contributed by atoms with E-state index in [0.717, 1.165) is 12.1 Å². The maximum atomic E-state index is 13.6. The Morgan fingerprint density at radius 3 is 1.67 bits per heavy atom. The highest BCUT2D eigenvalue weighted by atomic mass is 19.4. The SMILES string of the molecule is CNC(=O)c1ccc(Oc2ccc(C(F)(F)C(F)(F)C(F)(F)F)cc2)cc1. The molecule has 0 aliphatic heterocycles. The van der Waals surface area contributed by atoms with Gasteiger partial charge >= 0.3 is 18.0 Å². The quantitative estimate of drug-likeness (QED) is 0.713. The third-order valence-electron chi connectivity index (χ3n) is 3.55. The van der Waals surface area contributed by atoms with Gasteiger partial charge in [-0.15, -0.1) is 0 Å². The topological polar surface area (TPSA) is 38.3 Å². The van der Waals surface area contributed by atoms with E-state index in [1.54, 1.807) is 0 Å². The van der Waals surface area contributed by atoms with Crippen molar-refractivity contribution < 1.29 is 40.3 Å². The minimum atomic E-state index is -6.40. The molecule has 0 atom stereocenters. The van der Waals surface area contributed by atoms with Gasteiger partial charge in [-0.25, -0.2) is 0 Å². The van der Waals surface area contributed by atoms with Crippen LogP contribution in [-0.2, 0) is 5.92 Å². The molecule has 2 aromatic carbocycles. The van der Waals surface area contributed by atoms with Crippen molar-refractivity contribution in [3.8, 4) is 11.5 Å². The van der Waals surface area contributed by atoms with Gasteiger partial charge in [0.25, 0.3) is 5.91 Å². The second-order valence-electron chi connectivity index (χ2n) is 5.38. The number of carbonyl (C=O) groups is 1. The van der Waals surface area contributed by atoms with E-state index >= 15 is 0 Å². The summed E-state index contributed by atoms with van der Waals surface area (Å²) >= 11 is 0. The normalized spacial score (nSPS) is 12.6. The molecule has 1 amide bonds. The number of alkyl halides is 7. The Morgan fingerprint density at radius 1 is 0.815 bits per heavy atom. The molecule has 0 radical (unpaired) electrons. The van der Waals surface area contributed by atoms with Crippen LogP contribution in [0.5, 0.6) is 11.5 Å². The molecule has 2 rings (SSSR count). The van der Waals surface area contributed by atoms with Crippen LogP contribution in [-0.4, -0.2) is 25.1 Å². The molecule has 2 aromatic rings. The summed E-state index contributed by atoms with van der Waals surface area (Å²) in [6.07, 6.45) is -6.40. The molecule has 1 N–H and O–H groups in total. The lowest BCUT2D eigenvalue weighted by Crippen LogP contribution is -2.49. The first kappa shape index (κ1) is 20.5. The van der Waals surface area contributed by atoms with Gasteiger partial charge in [0.05, 0.1) is 0 Å². The van der Waals surface area contributed by atoms with Crippen molar-refractivity contribution in [1.82, 2.24) is 5.32 Å². The Hall–Kier alpha value is -2.78. The number of hydrogen-bond donors (Lipinski definition) is 1. The maximum absolute atomic E-state index is 13.6. The lowest BCUT2D eigenvalue weighted by atomic mass is 10.0. The van der Waals surface area contributed by atoms with E-state index in [1.807, 2.05) is 0 Å². The van der Waals surface area contributed by atoms with Gasteiger partial charge in [0, 0.05) is 18.2 Å². The van der Waals surface area contributed by atoms with Gasteiger partial charge < -0.3 is 10.1 Å². The molecule has 0 unspecified atom stereocenters. The fourth-order valence-corrected chi connectivity index (χ4v) is 2.05. The van der Waals surface area contributed by atoms with Crippen LogP contribution in [0, 0.1) is 0 Å². The highest BCUT2D eigenvalue weighted by Crippen LogP contribution is 2.51. The molecule has 10 heteroatoms. The minimum Gasteiger partial charge on any atom is -0.457 e. The summed E-state index contributed by atoms with van der Waals surface area (Å²) in [5, 5.41) is 2.40. The predicted molar refractivity (Wildman–Crippen MR) is 81.2 cm³/mol. The fourth-order valence-electron chi connectivity index (χ4n) is 2.05. The molecule has 0 bridgehead atoms. The molecule has 0 aliphatic carbocycles. The van der Waals surface area contributed by atoms with E-state index in [-0.39, 0.29) is 17.4 Å². The molecule has 0 spiro atoms. The van der Waals surface area contributed by atoms with Crippen LogP contribution >= 0.6 is 0 Å². The molecule has 0 fully saturated rings. The van der Waals surface area contributed by atoms with Crippen molar-refractivity contribution in [3.63, 3.8) is 0 Å². The third-order valence-corrected chi connectivity index (χ3v) is 3.55. The van der Waals surface area contributed by atoms with Gasteiger partial charge in [0.2, 0.25) is 0 Å². The Morgan fingerprint density at radius 2 is 1.26 bits per heavy atom. The van der Waals surface area contributed by atoms with Crippen LogP contribution in [0.2, 0.25) is 0 Å². The summed E-state index contributed by atoms with van der Waals surface area (Å²) in [4.78, 5) is 11.4. The second kappa shape index (κ2) is 7.09. The first-order chi connectivity index (χ1) is 12.4. The average Bonchev–Trinajstić information content (AvgIpc) is 2.61. The van der Waals surface area contributed by atoms with Crippen molar-refractivity contribution >= 4 is 5.91 Å². The highest BCUT2D eigenvalue weighted by molar-refractivity contribution is 5.94. The zero-order valence-electron chi connectivity index (χ0n) is 13.6. The number of nitrogens with one attached hydrogen (secondary N) is 1. The Kier molecular flexibility index (Phi) is 5.39. The van der Waals surface area contributed by atoms with Gasteiger partial charge in [-0.2, -0.15) is 30.7 Å². The van der Waals surface area contributed by atoms with Crippen LogP contribution in [0.15, 0.2) is 48.5 Å². The monoisotopic (exact) mass is 395 g/mol. The summed E-state index contributed by atoms with van der Waals surface area (Å²) in [6.45, 7) is 0. The first-order valence-corrected chi connectivity index (χ1v) is 7.33. The fraction of sp³-hybridized carbons (Fsp3) is 0.235. The van der Waals surface area contributed by atoms with Crippen molar-refractivity contribution in [2.75, 3.05) is 7.05 Å². The number of carbonyl (C=O) groups excluding carboxylic acids is 1. The van der Waals surface area contributed by atoms with E-state index in [1.165, 1.54) is 31.3 Å². The van der Waals surface area contributed by atoms with Crippen molar-refractivity contribution in [1.29, 1.82) is 0 Å². The van der Waals surface area contributed by atoms with Gasteiger partial charge in [0.15, 0.2) is 0 Å².